The van der Waals surface area contributed by atoms with Crippen LogP contribution in [0.1, 0.15) is 29.3 Å². The third-order valence-electron chi connectivity index (χ3n) is 3.75. The van der Waals surface area contributed by atoms with Gasteiger partial charge in [-0.05, 0) is 24.1 Å². The number of hydrogen-bond donors (Lipinski definition) is 1. The van der Waals surface area contributed by atoms with Gasteiger partial charge in [-0.15, -0.1) is 10.2 Å². The summed E-state index contributed by atoms with van der Waals surface area (Å²) in [6.07, 6.45) is 4.94. The Morgan fingerprint density at radius 1 is 1.20 bits per heavy atom. The maximum atomic E-state index is 12.5. The minimum absolute atomic E-state index is 0.291. The van der Waals surface area contributed by atoms with Crippen molar-refractivity contribution in [1.29, 1.82) is 0 Å². The van der Waals surface area contributed by atoms with Crippen LogP contribution in [0.3, 0.4) is 0 Å². The molecule has 0 bridgehead atoms. The van der Waals surface area contributed by atoms with Crippen LogP contribution in [0.5, 0.6) is 5.75 Å². The number of benzene rings is 2. The Hall–Kier alpha value is -2.06. The van der Waals surface area contributed by atoms with Crippen molar-refractivity contribution in [3.63, 3.8) is 0 Å². The smallest absolute Gasteiger partial charge is 0.257 e. The number of carbonyl (C=O) groups is 1. The van der Waals surface area contributed by atoms with Gasteiger partial charge in [0.1, 0.15) is 0 Å². The van der Waals surface area contributed by atoms with Crippen molar-refractivity contribution in [2.75, 3.05) is 17.7 Å². The van der Waals surface area contributed by atoms with E-state index < -0.39 is 0 Å². The van der Waals surface area contributed by atoms with Crippen molar-refractivity contribution < 1.29 is 9.53 Å². The second kappa shape index (κ2) is 11.4. The lowest BCUT2D eigenvalue weighted by atomic mass is 10.2. The normalized spacial score (nSPS) is 11.0. The van der Waals surface area contributed by atoms with Crippen molar-refractivity contribution in [3.8, 4) is 5.75 Å². The number of rotatable bonds is 9. The van der Waals surface area contributed by atoms with E-state index in [2.05, 4.69) is 27.7 Å². The SMILES string of the molecule is CCCOc1c(Cl)cc(C(=O)Nc2nnc(SC/C=C/c3ccccc3)s2)cc1Cl. The molecule has 0 atom stereocenters. The first-order valence-corrected chi connectivity index (χ1v) is 11.7. The number of halogens is 2. The number of anilines is 1. The van der Waals surface area contributed by atoms with Gasteiger partial charge >= 0.3 is 0 Å². The molecule has 1 N–H and O–H groups in total. The number of carbonyl (C=O) groups excluding carboxylic acids is 1. The number of nitrogens with one attached hydrogen (secondary N) is 1. The zero-order valence-corrected chi connectivity index (χ0v) is 19.2. The molecule has 1 aromatic heterocycles. The summed E-state index contributed by atoms with van der Waals surface area (Å²) in [6.45, 7) is 2.48. The van der Waals surface area contributed by atoms with Gasteiger partial charge in [0.25, 0.3) is 5.91 Å². The number of nitrogens with zero attached hydrogens (tertiary/aromatic N) is 2. The predicted octanol–water partition coefficient (Wildman–Crippen LogP) is 6.69. The summed E-state index contributed by atoms with van der Waals surface area (Å²) in [5.74, 6) is 0.773. The zero-order chi connectivity index (χ0) is 21.3. The first-order chi connectivity index (χ1) is 14.6. The van der Waals surface area contributed by atoms with Crippen molar-refractivity contribution in [1.82, 2.24) is 10.2 Å². The fourth-order valence-electron chi connectivity index (χ4n) is 2.39. The fraction of sp³-hybridized carbons (Fsp3) is 0.190. The molecule has 9 heteroatoms. The highest BCUT2D eigenvalue weighted by Crippen LogP contribution is 2.35. The third kappa shape index (κ3) is 6.47. The largest absolute Gasteiger partial charge is 0.490 e. The Labute approximate surface area is 193 Å². The Morgan fingerprint density at radius 3 is 2.63 bits per heavy atom. The number of amides is 1. The Kier molecular flexibility index (Phi) is 8.57. The highest BCUT2D eigenvalue weighted by Gasteiger charge is 2.16. The van der Waals surface area contributed by atoms with Gasteiger partial charge in [0.15, 0.2) is 10.1 Å². The molecule has 2 aromatic carbocycles. The molecule has 5 nitrogen and oxygen atoms in total. The molecule has 3 aromatic rings. The highest BCUT2D eigenvalue weighted by atomic mass is 35.5. The summed E-state index contributed by atoms with van der Waals surface area (Å²) in [6, 6.07) is 13.1. The van der Waals surface area contributed by atoms with Crippen molar-refractivity contribution in [2.24, 2.45) is 0 Å². The molecular formula is C21H19Cl2N3O2S2. The van der Waals surface area contributed by atoms with Gasteiger partial charge in [-0.3, -0.25) is 10.1 Å². The van der Waals surface area contributed by atoms with E-state index in [9.17, 15) is 4.79 Å². The van der Waals surface area contributed by atoms with E-state index in [4.69, 9.17) is 27.9 Å². The Bertz CT molecular complexity index is 1000. The number of hydrogen-bond acceptors (Lipinski definition) is 6. The molecule has 156 valence electrons. The van der Waals surface area contributed by atoms with E-state index >= 15 is 0 Å². The lowest BCUT2D eigenvalue weighted by Crippen LogP contribution is -2.12. The van der Waals surface area contributed by atoms with E-state index in [1.165, 1.54) is 23.5 Å². The van der Waals surface area contributed by atoms with E-state index in [1.807, 2.05) is 37.3 Å². The van der Waals surface area contributed by atoms with Crippen LogP contribution in [0.25, 0.3) is 6.08 Å². The summed E-state index contributed by atoms with van der Waals surface area (Å²) >= 11 is 15.3. The minimum Gasteiger partial charge on any atom is -0.490 e. The number of aromatic nitrogens is 2. The average Bonchev–Trinajstić information content (AvgIpc) is 3.18. The van der Waals surface area contributed by atoms with E-state index in [-0.39, 0.29) is 5.91 Å². The molecule has 0 spiro atoms. The number of ether oxygens (including phenoxy) is 1. The molecule has 0 aliphatic rings. The predicted molar refractivity (Wildman–Crippen MR) is 126 cm³/mol. The van der Waals surface area contributed by atoms with Gasteiger partial charge in [-0.2, -0.15) is 0 Å². The molecule has 1 amide bonds. The molecule has 0 aliphatic carbocycles. The van der Waals surface area contributed by atoms with Crippen LogP contribution in [0.15, 0.2) is 52.9 Å². The lowest BCUT2D eigenvalue weighted by Gasteiger charge is -2.10. The third-order valence-corrected chi connectivity index (χ3v) is 6.24. The van der Waals surface area contributed by atoms with Crippen molar-refractivity contribution in [2.45, 2.75) is 17.7 Å². The van der Waals surface area contributed by atoms with Gasteiger partial charge in [-0.25, -0.2) is 0 Å². The van der Waals surface area contributed by atoms with Crippen LogP contribution >= 0.6 is 46.3 Å². The first-order valence-electron chi connectivity index (χ1n) is 9.18. The summed E-state index contributed by atoms with van der Waals surface area (Å²) in [4.78, 5) is 12.5. The van der Waals surface area contributed by atoms with Gasteiger partial charge in [0, 0.05) is 11.3 Å². The van der Waals surface area contributed by atoms with Crippen LogP contribution in [-0.2, 0) is 0 Å². The summed E-state index contributed by atoms with van der Waals surface area (Å²) in [5, 5.41) is 11.8. The Morgan fingerprint density at radius 2 is 1.93 bits per heavy atom. The molecular weight excluding hydrogens is 461 g/mol. The summed E-state index contributed by atoms with van der Waals surface area (Å²) in [7, 11) is 0. The van der Waals surface area contributed by atoms with E-state index in [1.54, 1.807) is 11.8 Å². The molecule has 0 unspecified atom stereocenters. The fourth-order valence-corrected chi connectivity index (χ4v) is 4.57. The second-order valence-corrected chi connectivity index (χ2v) is 9.13. The quantitative estimate of drug-likeness (QED) is 0.273. The maximum Gasteiger partial charge on any atom is 0.257 e. The van der Waals surface area contributed by atoms with Crippen LogP contribution < -0.4 is 10.1 Å². The minimum atomic E-state index is -0.363. The van der Waals surface area contributed by atoms with E-state index in [0.717, 1.165) is 22.1 Å². The molecule has 0 fully saturated rings. The van der Waals surface area contributed by atoms with Crippen LogP contribution in [0.4, 0.5) is 5.13 Å². The molecule has 30 heavy (non-hydrogen) atoms. The molecule has 1 heterocycles. The van der Waals surface area contributed by atoms with Gasteiger partial charge in [0.2, 0.25) is 5.13 Å². The standard InChI is InChI=1S/C21H19Cl2N3O2S2/c1-2-10-28-18-16(22)12-15(13-17(18)23)19(27)24-20-25-26-21(30-20)29-11-6-9-14-7-4-3-5-8-14/h3-9,12-13H,2,10-11H2,1H3,(H,24,25,27)/b9-6+. The number of thioether (sulfide) groups is 1. The van der Waals surface area contributed by atoms with Gasteiger partial charge in [-0.1, -0.05) is 95.7 Å². The molecule has 0 aliphatic heterocycles. The van der Waals surface area contributed by atoms with Gasteiger partial charge < -0.3 is 4.74 Å². The van der Waals surface area contributed by atoms with Crippen LogP contribution in [0, 0.1) is 0 Å². The maximum absolute atomic E-state index is 12.5. The second-order valence-electron chi connectivity index (χ2n) is 6.07. The highest BCUT2D eigenvalue weighted by molar-refractivity contribution is 8.01. The zero-order valence-electron chi connectivity index (χ0n) is 16.1. The Balaban J connectivity index is 1.56. The monoisotopic (exact) mass is 479 g/mol. The van der Waals surface area contributed by atoms with Gasteiger partial charge in [0.05, 0.1) is 16.7 Å². The van der Waals surface area contributed by atoms with Crippen LogP contribution in [-0.4, -0.2) is 28.5 Å². The van der Waals surface area contributed by atoms with Crippen molar-refractivity contribution >= 4 is 63.4 Å². The summed E-state index contributed by atoms with van der Waals surface area (Å²) in [5.41, 5.74) is 1.47. The van der Waals surface area contributed by atoms with Crippen molar-refractivity contribution in [3.05, 3.63) is 69.7 Å². The average molecular weight is 480 g/mol. The molecule has 0 saturated carbocycles. The molecule has 0 saturated heterocycles. The topological polar surface area (TPSA) is 64.1 Å². The van der Waals surface area contributed by atoms with Crippen LogP contribution in [0.2, 0.25) is 10.0 Å². The lowest BCUT2D eigenvalue weighted by molar-refractivity contribution is 0.102. The summed E-state index contributed by atoms with van der Waals surface area (Å²) < 4.78 is 6.29. The molecule has 0 radical (unpaired) electrons. The van der Waals surface area contributed by atoms with E-state index in [0.29, 0.717) is 33.1 Å². The molecule has 3 rings (SSSR count). The first kappa shape index (κ1) is 22.6.